The van der Waals surface area contributed by atoms with Crippen molar-refractivity contribution < 1.29 is 44.7 Å². The summed E-state index contributed by atoms with van der Waals surface area (Å²) >= 11 is 5.80. The Labute approximate surface area is 267 Å². The Balaban J connectivity index is 1.87. The largest absolute Gasteiger partial charge is 0.573 e. The molecule has 0 bridgehead atoms. The molecule has 1 aliphatic heterocycles. The summed E-state index contributed by atoms with van der Waals surface area (Å²) < 4.78 is 97.6. The summed E-state index contributed by atoms with van der Waals surface area (Å²) in [6, 6.07) is 6.42. The second-order valence-corrected chi connectivity index (χ2v) is 12.3. The Bertz CT molecular complexity index is 1580. The number of carbonyl (C=O) groups is 2. The van der Waals surface area contributed by atoms with Crippen LogP contribution in [-0.2, 0) is 27.3 Å². The van der Waals surface area contributed by atoms with Crippen LogP contribution in [0.4, 0.5) is 26.7 Å². The molecule has 46 heavy (non-hydrogen) atoms. The number of nitrogens with zero attached hydrogens (tertiary/aromatic N) is 2. The predicted octanol–water partition coefficient (Wildman–Crippen LogP) is 4.90. The number of hydrogen-bond acceptors (Lipinski definition) is 6. The quantitative estimate of drug-likeness (QED) is 0.227. The van der Waals surface area contributed by atoms with E-state index < -0.39 is 63.9 Å². The molecule has 1 aliphatic rings. The first kappa shape index (κ1) is 36.3. The molecule has 1 heterocycles. The van der Waals surface area contributed by atoms with E-state index in [9.17, 15) is 40.0 Å². The maximum atomic E-state index is 14.0. The van der Waals surface area contributed by atoms with Gasteiger partial charge in [0.25, 0.3) is 5.92 Å². The van der Waals surface area contributed by atoms with Gasteiger partial charge in [-0.05, 0) is 48.2 Å². The summed E-state index contributed by atoms with van der Waals surface area (Å²) in [7, 11) is -4.50. The number of hydrogen-bond donors (Lipinski definition) is 3. The normalized spacial score (nSPS) is 16.7. The van der Waals surface area contributed by atoms with Crippen LogP contribution in [0, 0.1) is 0 Å². The number of piperazine rings is 1. The third kappa shape index (κ3) is 9.67. The number of allylic oxidation sites excluding steroid dienone is 3. The highest BCUT2D eigenvalue weighted by Gasteiger charge is 2.41. The average molecular weight is 692 g/mol. The number of halogens is 6. The summed E-state index contributed by atoms with van der Waals surface area (Å²) in [6.07, 6.45) is -1.64. The molecule has 2 aromatic carbocycles. The van der Waals surface area contributed by atoms with E-state index in [1.807, 2.05) is 0 Å². The number of urea groups is 1. The molecule has 250 valence electrons. The number of alkyl halides is 5. The zero-order valence-electron chi connectivity index (χ0n) is 24.4. The molecule has 3 amide bonds. The van der Waals surface area contributed by atoms with Crippen molar-refractivity contribution in [2.24, 2.45) is 5.73 Å². The first-order valence-electron chi connectivity index (χ1n) is 13.6. The van der Waals surface area contributed by atoms with Gasteiger partial charge in [0.05, 0.1) is 4.90 Å². The van der Waals surface area contributed by atoms with E-state index in [1.165, 1.54) is 48.2 Å². The van der Waals surface area contributed by atoms with Crippen LogP contribution in [0.1, 0.15) is 24.5 Å². The van der Waals surface area contributed by atoms with Crippen molar-refractivity contribution in [3.05, 3.63) is 95.3 Å². The molecule has 0 aliphatic carbocycles. The molecule has 1 atom stereocenters. The fraction of sp³-hybridized carbons (Fsp3) is 0.310. The van der Waals surface area contributed by atoms with Crippen LogP contribution in [0.15, 0.2) is 89.1 Å². The van der Waals surface area contributed by atoms with Crippen LogP contribution in [-0.4, -0.2) is 61.6 Å². The topological polar surface area (TPSA) is 134 Å². The van der Waals surface area contributed by atoms with Crippen LogP contribution < -0.4 is 21.1 Å². The summed E-state index contributed by atoms with van der Waals surface area (Å²) in [5.41, 5.74) is 5.80. The van der Waals surface area contributed by atoms with Crippen molar-refractivity contribution in [3.8, 4) is 5.75 Å². The minimum Gasteiger partial charge on any atom is -0.406 e. The first-order chi connectivity index (χ1) is 21.5. The van der Waals surface area contributed by atoms with E-state index in [1.54, 1.807) is 0 Å². The fourth-order valence-electron chi connectivity index (χ4n) is 4.38. The molecule has 0 spiro atoms. The number of amides is 3. The zero-order valence-corrected chi connectivity index (χ0v) is 25.9. The Kier molecular flexibility index (Phi) is 11.8. The number of benzene rings is 2. The van der Waals surface area contributed by atoms with E-state index in [-0.39, 0.29) is 35.9 Å². The number of sulfonamides is 1. The second kappa shape index (κ2) is 15.0. The molecule has 1 saturated heterocycles. The van der Waals surface area contributed by atoms with Crippen molar-refractivity contribution >= 4 is 33.6 Å². The highest BCUT2D eigenvalue weighted by atomic mass is 35.5. The van der Waals surface area contributed by atoms with Gasteiger partial charge in [0.1, 0.15) is 11.8 Å². The van der Waals surface area contributed by atoms with E-state index in [0.29, 0.717) is 5.56 Å². The second-order valence-electron chi connectivity index (χ2n) is 9.91. The third-order valence-electron chi connectivity index (χ3n) is 6.71. The predicted molar refractivity (Wildman–Crippen MR) is 160 cm³/mol. The smallest absolute Gasteiger partial charge is 0.406 e. The lowest BCUT2D eigenvalue weighted by atomic mass is 10.0. The number of rotatable bonds is 11. The molecule has 0 unspecified atom stereocenters. The molecule has 0 saturated carbocycles. The highest BCUT2D eigenvalue weighted by Crippen LogP contribution is 2.31. The lowest BCUT2D eigenvalue weighted by Crippen LogP contribution is -2.62. The number of nitrogens with one attached hydrogen (secondary N) is 2. The van der Waals surface area contributed by atoms with E-state index in [4.69, 9.17) is 17.3 Å². The van der Waals surface area contributed by atoms with Crippen LogP contribution in [0.3, 0.4) is 0 Å². The van der Waals surface area contributed by atoms with Crippen molar-refractivity contribution in [2.45, 2.75) is 43.1 Å². The van der Waals surface area contributed by atoms with Gasteiger partial charge in [0.2, 0.25) is 15.9 Å². The first-order valence-corrected chi connectivity index (χ1v) is 15.4. The van der Waals surface area contributed by atoms with Crippen molar-refractivity contribution in [1.29, 1.82) is 0 Å². The lowest BCUT2D eigenvalue weighted by Gasteiger charge is -2.39. The Morgan fingerprint density at radius 3 is 2.26 bits per heavy atom. The Hall–Kier alpha value is -4.15. The number of carbonyl (C=O) groups excluding carboxylic acids is 2. The van der Waals surface area contributed by atoms with E-state index in [2.05, 4.69) is 21.9 Å². The van der Waals surface area contributed by atoms with Crippen LogP contribution >= 0.6 is 11.6 Å². The van der Waals surface area contributed by atoms with Crippen LogP contribution in [0.25, 0.3) is 0 Å². The van der Waals surface area contributed by atoms with Gasteiger partial charge in [-0.25, -0.2) is 22.0 Å². The molecule has 0 aromatic heterocycles. The van der Waals surface area contributed by atoms with Gasteiger partial charge >= 0.3 is 12.4 Å². The monoisotopic (exact) mass is 691 g/mol. The molecule has 4 N–H and O–H groups in total. The molecule has 1 fully saturated rings. The van der Waals surface area contributed by atoms with Gasteiger partial charge in [-0.15, -0.1) is 13.2 Å². The van der Waals surface area contributed by atoms with Gasteiger partial charge in [0.15, 0.2) is 0 Å². The maximum Gasteiger partial charge on any atom is 0.573 e. The Morgan fingerprint density at radius 2 is 1.72 bits per heavy atom. The molecule has 10 nitrogen and oxygen atoms in total. The minimum absolute atomic E-state index is 0.0691. The maximum absolute atomic E-state index is 14.0. The summed E-state index contributed by atoms with van der Waals surface area (Å²) in [4.78, 5) is 27.3. The van der Waals surface area contributed by atoms with E-state index >= 15 is 0 Å². The van der Waals surface area contributed by atoms with Crippen molar-refractivity contribution in [1.82, 2.24) is 19.8 Å². The van der Waals surface area contributed by atoms with Gasteiger partial charge in [-0.3, -0.25) is 4.79 Å². The fourth-order valence-corrected chi connectivity index (χ4v) is 6.07. The molecular weight excluding hydrogens is 661 g/mol. The number of nitrogens with two attached hydrogens (primary N) is 1. The summed E-state index contributed by atoms with van der Waals surface area (Å²) in [5, 5.41) is 5.18. The Morgan fingerprint density at radius 1 is 1.09 bits per heavy atom. The van der Waals surface area contributed by atoms with Crippen LogP contribution in [0.5, 0.6) is 5.75 Å². The summed E-state index contributed by atoms with van der Waals surface area (Å²) in [6.45, 7) is 3.70. The van der Waals surface area contributed by atoms with Crippen molar-refractivity contribution in [2.75, 3.05) is 19.6 Å². The highest BCUT2D eigenvalue weighted by molar-refractivity contribution is 7.89. The van der Waals surface area contributed by atoms with Crippen LogP contribution in [0.2, 0.25) is 0 Å². The van der Waals surface area contributed by atoms with Gasteiger partial charge < -0.3 is 26.0 Å². The lowest BCUT2D eigenvalue weighted by molar-refractivity contribution is -0.274. The molecule has 2 aromatic rings. The summed E-state index contributed by atoms with van der Waals surface area (Å²) in [5.74, 6) is -4.51. The van der Waals surface area contributed by atoms with E-state index in [0.717, 1.165) is 34.8 Å². The third-order valence-corrected chi connectivity index (χ3v) is 8.74. The van der Waals surface area contributed by atoms with Gasteiger partial charge in [-0.2, -0.15) is 4.31 Å². The molecule has 17 heteroatoms. The molecular formula is C29H31ClF5N5O5S. The molecule has 0 radical (unpaired) electrons. The average Bonchev–Trinajstić information content (AvgIpc) is 2.99. The SMILES string of the molecule is C=C(Cl)/C=C(\C=C/N)NC(=O)N1CCN(S(=O)(=O)c2ccc(OC(F)(F)F)cc2)[C@@H](C(=O)NCc2ccc(C(F)(F)CC)cc2)C1. The minimum atomic E-state index is -5.00. The van der Waals surface area contributed by atoms with Crippen molar-refractivity contribution in [3.63, 3.8) is 0 Å². The zero-order chi connectivity index (χ0) is 34.3. The van der Waals surface area contributed by atoms with Gasteiger partial charge in [0, 0.05) is 48.9 Å². The standard InChI is InChI=1S/C29H31ClF5N5O5S/c1-3-28(31,32)21-6-4-20(5-7-21)17-37-26(41)25-18-39(27(42)38-22(12-13-36)16-19(2)30)14-15-40(25)46(43,44)24-10-8-23(9-11-24)45-29(33,34)35/h4-13,16,25H,2-3,14-15,17-18,36H2,1H3,(H,37,41)(H,38,42)/b13-12-,22-16+/t25-/m1/s1. The van der Waals surface area contributed by atoms with Gasteiger partial charge in [-0.1, -0.05) is 49.4 Å². The molecule has 3 rings (SSSR count). The number of ether oxygens (including phenoxy) is 1.